The van der Waals surface area contributed by atoms with Gasteiger partial charge in [-0.2, -0.15) is 0 Å². The number of ether oxygens (including phenoxy) is 1. The molecular weight excluding hydrogens is 346 g/mol. The van der Waals surface area contributed by atoms with Crippen LogP contribution in [0.3, 0.4) is 0 Å². The fourth-order valence-electron chi connectivity index (χ4n) is 3.18. The molecule has 8 heteroatoms. The largest absolute Gasteiger partial charge is 0.376 e. The topological polar surface area (TPSA) is 95.1 Å². The van der Waals surface area contributed by atoms with Crippen molar-refractivity contribution in [1.82, 2.24) is 20.9 Å². The Morgan fingerprint density at radius 1 is 1.33 bits per heavy atom. The number of aliphatic imine (C=N–C) groups is 1. The molecule has 2 fully saturated rings. The van der Waals surface area contributed by atoms with E-state index in [2.05, 4.69) is 20.9 Å². The van der Waals surface area contributed by atoms with Crippen molar-refractivity contribution in [1.29, 1.82) is 0 Å². The molecule has 3 rings (SSSR count). The number of hydrogen-bond donors (Lipinski definition) is 3. The monoisotopic (exact) mass is 373 g/mol. The van der Waals surface area contributed by atoms with Gasteiger partial charge in [-0.05, 0) is 30.5 Å². The first-order chi connectivity index (χ1) is 13.2. The van der Waals surface area contributed by atoms with Crippen molar-refractivity contribution < 1.29 is 14.3 Å². The average Bonchev–Trinajstić information content (AvgIpc) is 3.21. The van der Waals surface area contributed by atoms with Crippen LogP contribution in [0.25, 0.3) is 0 Å². The summed E-state index contributed by atoms with van der Waals surface area (Å²) in [5, 5.41) is 9.26. The number of hydrogen-bond acceptors (Lipinski definition) is 4. The van der Waals surface area contributed by atoms with E-state index in [4.69, 9.17) is 4.74 Å². The first-order valence-corrected chi connectivity index (χ1v) is 9.37. The number of piperazine rings is 1. The molecule has 1 atom stereocenters. The van der Waals surface area contributed by atoms with Crippen LogP contribution in [0.4, 0.5) is 0 Å². The van der Waals surface area contributed by atoms with Gasteiger partial charge in [0.2, 0.25) is 5.91 Å². The molecule has 2 amide bonds. The molecule has 0 aliphatic carbocycles. The number of carbonyl (C=O) groups excluding carboxylic acids is 2. The molecule has 0 bridgehead atoms. The van der Waals surface area contributed by atoms with Gasteiger partial charge in [0.1, 0.15) is 0 Å². The minimum absolute atomic E-state index is 0.113. The van der Waals surface area contributed by atoms with Crippen molar-refractivity contribution in [3.63, 3.8) is 0 Å². The Balaban J connectivity index is 1.47. The average molecular weight is 373 g/mol. The number of rotatable bonds is 5. The second-order valence-electron chi connectivity index (χ2n) is 6.72. The Kier molecular flexibility index (Phi) is 6.64. The number of carbonyl (C=O) groups is 2. The molecule has 2 aliphatic rings. The minimum Gasteiger partial charge on any atom is -0.376 e. The molecule has 2 aliphatic heterocycles. The normalized spacial score (nSPS) is 20.3. The van der Waals surface area contributed by atoms with Gasteiger partial charge < -0.3 is 25.6 Å². The summed E-state index contributed by atoms with van der Waals surface area (Å²) in [6.07, 6.45) is 2.45. The van der Waals surface area contributed by atoms with Crippen molar-refractivity contribution in [3.8, 4) is 0 Å². The molecule has 0 aromatic heterocycles. The summed E-state index contributed by atoms with van der Waals surface area (Å²) in [6, 6.07) is 7.43. The van der Waals surface area contributed by atoms with E-state index in [1.807, 2.05) is 12.1 Å². The van der Waals surface area contributed by atoms with Crippen molar-refractivity contribution >= 4 is 17.8 Å². The zero-order chi connectivity index (χ0) is 19.1. The van der Waals surface area contributed by atoms with E-state index in [0.717, 1.165) is 37.5 Å². The summed E-state index contributed by atoms with van der Waals surface area (Å²) in [4.78, 5) is 29.7. The summed E-state index contributed by atoms with van der Waals surface area (Å²) in [5.74, 6) is 0.501. The van der Waals surface area contributed by atoms with E-state index >= 15 is 0 Å². The molecule has 3 N–H and O–H groups in total. The van der Waals surface area contributed by atoms with E-state index < -0.39 is 0 Å². The maximum Gasteiger partial charge on any atom is 0.254 e. The van der Waals surface area contributed by atoms with Gasteiger partial charge in [-0.1, -0.05) is 12.1 Å². The lowest BCUT2D eigenvalue weighted by atomic mass is 10.1. The summed E-state index contributed by atoms with van der Waals surface area (Å²) < 4.78 is 5.60. The van der Waals surface area contributed by atoms with Gasteiger partial charge in [0, 0.05) is 45.4 Å². The number of amides is 2. The van der Waals surface area contributed by atoms with Crippen LogP contribution in [0.1, 0.15) is 28.8 Å². The Bertz CT molecular complexity index is 683. The number of nitrogens with one attached hydrogen (secondary N) is 3. The van der Waals surface area contributed by atoms with E-state index in [9.17, 15) is 9.59 Å². The van der Waals surface area contributed by atoms with Crippen LogP contribution in [0, 0.1) is 0 Å². The van der Waals surface area contributed by atoms with Crippen LogP contribution in [0.5, 0.6) is 0 Å². The van der Waals surface area contributed by atoms with Crippen molar-refractivity contribution in [2.24, 2.45) is 4.99 Å². The lowest BCUT2D eigenvalue weighted by molar-refractivity contribution is -0.123. The SMILES string of the molecule is CN=C(NCc1ccc(C(=O)N2CCNC(=O)C2)cc1)NCC1CCCO1. The van der Waals surface area contributed by atoms with E-state index in [-0.39, 0.29) is 24.5 Å². The molecule has 8 nitrogen and oxygen atoms in total. The molecule has 146 valence electrons. The van der Waals surface area contributed by atoms with Gasteiger partial charge in [0.25, 0.3) is 5.91 Å². The zero-order valence-electron chi connectivity index (χ0n) is 15.7. The first kappa shape index (κ1) is 19.2. The molecule has 0 radical (unpaired) electrons. The van der Waals surface area contributed by atoms with Crippen LogP contribution in [0.15, 0.2) is 29.3 Å². The fraction of sp³-hybridized carbons (Fsp3) is 0.526. The molecule has 1 aromatic carbocycles. The van der Waals surface area contributed by atoms with E-state index in [1.165, 1.54) is 0 Å². The lowest BCUT2D eigenvalue weighted by Gasteiger charge is -2.26. The molecular formula is C19H27N5O3. The van der Waals surface area contributed by atoms with Crippen molar-refractivity contribution in [2.75, 3.05) is 39.8 Å². The first-order valence-electron chi connectivity index (χ1n) is 9.37. The third-order valence-electron chi connectivity index (χ3n) is 4.73. The maximum atomic E-state index is 12.5. The highest BCUT2D eigenvalue weighted by Crippen LogP contribution is 2.11. The predicted molar refractivity (Wildman–Crippen MR) is 103 cm³/mol. The summed E-state index contributed by atoms with van der Waals surface area (Å²) >= 11 is 0. The van der Waals surface area contributed by atoms with Gasteiger partial charge in [0.15, 0.2) is 5.96 Å². The fourth-order valence-corrected chi connectivity index (χ4v) is 3.18. The van der Waals surface area contributed by atoms with Crippen LogP contribution >= 0.6 is 0 Å². The molecule has 1 aromatic rings. The number of guanidine groups is 1. The quantitative estimate of drug-likeness (QED) is 0.503. The molecule has 0 saturated carbocycles. The van der Waals surface area contributed by atoms with Gasteiger partial charge in [-0.25, -0.2) is 0 Å². The van der Waals surface area contributed by atoms with Crippen LogP contribution in [-0.2, 0) is 16.1 Å². The Hall–Kier alpha value is -2.61. The highest BCUT2D eigenvalue weighted by Gasteiger charge is 2.22. The second-order valence-corrected chi connectivity index (χ2v) is 6.72. The van der Waals surface area contributed by atoms with Crippen LogP contribution < -0.4 is 16.0 Å². The summed E-state index contributed by atoms with van der Waals surface area (Å²) in [7, 11) is 1.74. The molecule has 1 unspecified atom stereocenters. The van der Waals surface area contributed by atoms with Gasteiger partial charge in [-0.15, -0.1) is 0 Å². The standard InChI is InChI=1S/C19H27N5O3/c1-20-19(23-12-16-3-2-10-27-16)22-11-14-4-6-15(7-5-14)18(26)24-9-8-21-17(25)13-24/h4-7,16H,2-3,8-13H2,1H3,(H,21,25)(H2,20,22,23). The molecule has 27 heavy (non-hydrogen) atoms. The molecule has 0 spiro atoms. The molecule has 2 heterocycles. The minimum atomic E-state index is -0.114. The third-order valence-corrected chi connectivity index (χ3v) is 4.73. The summed E-state index contributed by atoms with van der Waals surface area (Å²) in [6.45, 7) is 3.36. The Morgan fingerprint density at radius 2 is 2.15 bits per heavy atom. The Morgan fingerprint density at radius 3 is 2.81 bits per heavy atom. The lowest BCUT2D eigenvalue weighted by Crippen LogP contribution is -2.49. The van der Waals surface area contributed by atoms with Crippen LogP contribution in [-0.4, -0.2) is 68.6 Å². The second kappa shape index (κ2) is 9.36. The smallest absolute Gasteiger partial charge is 0.254 e. The number of nitrogens with zero attached hydrogens (tertiary/aromatic N) is 2. The van der Waals surface area contributed by atoms with Crippen LogP contribution in [0.2, 0.25) is 0 Å². The van der Waals surface area contributed by atoms with Crippen molar-refractivity contribution in [2.45, 2.75) is 25.5 Å². The van der Waals surface area contributed by atoms with E-state index in [1.54, 1.807) is 24.1 Å². The predicted octanol–water partition coefficient (Wildman–Crippen LogP) is 0.103. The van der Waals surface area contributed by atoms with Crippen molar-refractivity contribution in [3.05, 3.63) is 35.4 Å². The van der Waals surface area contributed by atoms with Gasteiger partial charge in [0.05, 0.1) is 12.6 Å². The van der Waals surface area contributed by atoms with E-state index in [0.29, 0.717) is 25.2 Å². The maximum absolute atomic E-state index is 12.5. The van der Waals surface area contributed by atoms with Gasteiger partial charge in [-0.3, -0.25) is 14.6 Å². The number of benzene rings is 1. The highest BCUT2D eigenvalue weighted by atomic mass is 16.5. The Labute approximate surface area is 159 Å². The zero-order valence-corrected chi connectivity index (χ0v) is 15.7. The summed E-state index contributed by atoms with van der Waals surface area (Å²) in [5.41, 5.74) is 1.64. The third kappa shape index (κ3) is 5.43. The van der Waals surface area contributed by atoms with Gasteiger partial charge >= 0.3 is 0 Å². The molecule has 2 saturated heterocycles. The highest BCUT2D eigenvalue weighted by molar-refractivity contribution is 5.97.